The summed E-state index contributed by atoms with van der Waals surface area (Å²) in [6.07, 6.45) is 5.72. The van der Waals surface area contributed by atoms with E-state index in [2.05, 4.69) is 0 Å². The normalized spacial score (nSPS) is 10.7. The molecule has 0 fully saturated rings. The van der Waals surface area contributed by atoms with E-state index >= 15 is 0 Å². The van der Waals surface area contributed by atoms with E-state index in [9.17, 15) is 4.79 Å². The molecule has 0 atom stereocenters. The molecule has 0 saturated heterocycles. The topological polar surface area (TPSA) is 50.4 Å². The average Bonchev–Trinajstić information content (AvgIpc) is 2.49. The van der Waals surface area contributed by atoms with Gasteiger partial charge < -0.3 is 9.52 Å². The fraction of sp³-hybridized carbons (Fsp3) is 0.222. The van der Waals surface area contributed by atoms with Crippen LogP contribution in [0.1, 0.15) is 12.2 Å². The Morgan fingerprint density at radius 3 is 3.00 bits per heavy atom. The minimum atomic E-state index is -0.814. The van der Waals surface area contributed by atoms with Crippen molar-refractivity contribution in [2.24, 2.45) is 0 Å². The fourth-order valence-corrected chi connectivity index (χ4v) is 0.812. The van der Waals surface area contributed by atoms with Crippen molar-refractivity contribution in [3.05, 3.63) is 36.3 Å². The van der Waals surface area contributed by atoms with Crippen molar-refractivity contribution >= 4 is 5.97 Å². The number of carboxylic acids is 1. The predicted octanol–water partition coefficient (Wildman–Crippen LogP) is 1.85. The monoisotopic (exact) mass is 166 g/mol. The standard InChI is InChI=1S/C9H10O3/c10-9(11)6-2-1-4-8-5-3-7-12-8/h1-3,5,7H,4,6H2,(H,10,11)/b2-1-. The summed E-state index contributed by atoms with van der Waals surface area (Å²) in [5, 5.41) is 8.30. The molecule has 0 unspecified atom stereocenters. The van der Waals surface area contributed by atoms with E-state index in [0.29, 0.717) is 6.42 Å². The Balaban J connectivity index is 2.26. The summed E-state index contributed by atoms with van der Waals surface area (Å²) in [4.78, 5) is 10.1. The van der Waals surface area contributed by atoms with Crippen LogP contribution in [0.4, 0.5) is 0 Å². The van der Waals surface area contributed by atoms with Gasteiger partial charge in [0.05, 0.1) is 12.7 Å². The lowest BCUT2D eigenvalue weighted by Crippen LogP contribution is -1.89. The molecule has 0 aromatic carbocycles. The van der Waals surface area contributed by atoms with Crippen molar-refractivity contribution < 1.29 is 14.3 Å². The minimum absolute atomic E-state index is 0.0701. The van der Waals surface area contributed by atoms with Crippen molar-refractivity contribution in [1.29, 1.82) is 0 Å². The number of hydrogen-bond donors (Lipinski definition) is 1. The lowest BCUT2D eigenvalue weighted by molar-refractivity contribution is -0.136. The van der Waals surface area contributed by atoms with Gasteiger partial charge in [0.1, 0.15) is 5.76 Å². The second-order valence-corrected chi connectivity index (χ2v) is 2.35. The number of allylic oxidation sites excluding steroid dienone is 1. The molecule has 0 saturated carbocycles. The highest BCUT2D eigenvalue weighted by molar-refractivity contribution is 5.68. The highest BCUT2D eigenvalue weighted by atomic mass is 16.4. The Hall–Kier alpha value is -1.51. The molecule has 0 amide bonds. The highest BCUT2D eigenvalue weighted by Crippen LogP contribution is 2.01. The maximum absolute atomic E-state index is 10.1. The van der Waals surface area contributed by atoms with Crippen LogP contribution in [0.25, 0.3) is 0 Å². The van der Waals surface area contributed by atoms with Crippen molar-refractivity contribution in [1.82, 2.24) is 0 Å². The molecule has 0 radical (unpaired) electrons. The van der Waals surface area contributed by atoms with Crippen LogP contribution in [0, 0.1) is 0 Å². The van der Waals surface area contributed by atoms with Crippen molar-refractivity contribution in [3.63, 3.8) is 0 Å². The Morgan fingerprint density at radius 2 is 2.42 bits per heavy atom. The van der Waals surface area contributed by atoms with Crippen LogP contribution in [0.2, 0.25) is 0 Å². The number of aliphatic carboxylic acids is 1. The minimum Gasteiger partial charge on any atom is -0.481 e. The first-order valence-corrected chi connectivity index (χ1v) is 3.68. The molecular weight excluding hydrogens is 156 g/mol. The van der Waals surface area contributed by atoms with E-state index in [1.165, 1.54) is 0 Å². The van der Waals surface area contributed by atoms with Gasteiger partial charge in [0.2, 0.25) is 0 Å². The second-order valence-electron chi connectivity index (χ2n) is 2.35. The summed E-state index contributed by atoms with van der Waals surface area (Å²) in [5.41, 5.74) is 0. The Labute approximate surface area is 70.3 Å². The van der Waals surface area contributed by atoms with Gasteiger partial charge in [-0.25, -0.2) is 0 Å². The molecule has 0 bridgehead atoms. The summed E-state index contributed by atoms with van der Waals surface area (Å²) in [6, 6.07) is 3.66. The van der Waals surface area contributed by atoms with Gasteiger partial charge in [0, 0.05) is 6.42 Å². The van der Waals surface area contributed by atoms with Crippen LogP contribution >= 0.6 is 0 Å². The largest absolute Gasteiger partial charge is 0.481 e. The molecule has 1 aromatic heterocycles. The van der Waals surface area contributed by atoms with E-state index < -0.39 is 5.97 Å². The number of hydrogen-bond acceptors (Lipinski definition) is 2. The van der Waals surface area contributed by atoms with Gasteiger partial charge in [-0.05, 0) is 12.1 Å². The highest BCUT2D eigenvalue weighted by Gasteiger charge is 1.91. The number of rotatable bonds is 4. The van der Waals surface area contributed by atoms with Crippen LogP contribution in [-0.4, -0.2) is 11.1 Å². The molecule has 0 aliphatic heterocycles. The molecule has 3 nitrogen and oxygen atoms in total. The smallest absolute Gasteiger partial charge is 0.307 e. The zero-order chi connectivity index (χ0) is 8.81. The third-order valence-corrected chi connectivity index (χ3v) is 1.36. The van der Waals surface area contributed by atoms with Gasteiger partial charge in [-0.15, -0.1) is 0 Å². The fourth-order valence-electron chi connectivity index (χ4n) is 0.812. The quantitative estimate of drug-likeness (QED) is 0.694. The SMILES string of the molecule is O=C(O)C/C=C\Cc1ccco1. The van der Waals surface area contributed by atoms with Gasteiger partial charge in [0.25, 0.3) is 0 Å². The molecule has 3 heteroatoms. The molecule has 0 aliphatic rings. The van der Waals surface area contributed by atoms with Gasteiger partial charge in [-0.2, -0.15) is 0 Å². The van der Waals surface area contributed by atoms with Gasteiger partial charge in [-0.1, -0.05) is 12.2 Å². The molecule has 1 aromatic rings. The van der Waals surface area contributed by atoms with Crippen LogP contribution in [-0.2, 0) is 11.2 Å². The summed E-state index contributed by atoms with van der Waals surface area (Å²) < 4.78 is 5.04. The first-order valence-electron chi connectivity index (χ1n) is 3.68. The number of furan rings is 1. The van der Waals surface area contributed by atoms with E-state index in [1.54, 1.807) is 24.5 Å². The van der Waals surface area contributed by atoms with Crippen LogP contribution in [0.15, 0.2) is 35.0 Å². The number of carboxylic acid groups (broad SMARTS) is 1. The molecular formula is C9H10O3. The van der Waals surface area contributed by atoms with Crippen LogP contribution in [0.5, 0.6) is 0 Å². The van der Waals surface area contributed by atoms with Gasteiger partial charge >= 0.3 is 5.97 Å². The molecule has 0 spiro atoms. The second kappa shape index (κ2) is 4.38. The zero-order valence-corrected chi connectivity index (χ0v) is 6.56. The van der Waals surface area contributed by atoms with Gasteiger partial charge in [0.15, 0.2) is 0 Å². The molecule has 0 aliphatic carbocycles. The van der Waals surface area contributed by atoms with E-state index in [4.69, 9.17) is 9.52 Å². The third kappa shape index (κ3) is 3.05. The van der Waals surface area contributed by atoms with E-state index in [1.807, 2.05) is 6.07 Å². The Bertz CT molecular complexity index is 259. The third-order valence-electron chi connectivity index (χ3n) is 1.36. The molecule has 12 heavy (non-hydrogen) atoms. The molecule has 1 rings (SSSR count). The predicted molar refractivity (Wildman–Crippen MR) is 43.8 cm³/mol. The summed E-state index contributed by atoms with van der Waals surface area (Å²) in [5.74, 6) is 0.0299. The summed E-state index contributed by atoms with van der Waals surface area (Å²) in [6.45, 7) is 0. The Kier molecular flexibility index (Phi) is 3.14. The lowest BCUT2D eigenvalue weighted by atomic mass is 10.3. The van der Waals surface area contributed by atoms with Crippen LogP contribution < -0.4 is 0 Å². The number of carbonyl (C=O) groups is 1. The molecule has 1 N–H and O–H groups in total. The Morgan fingerprint density at radius 1 is 1.58 bits per heavy atom. The van der Waals surface area contributed by atoms with Crippen LogP contribution in [0.3, 0.4) is 0 Å². The first-order chi connectivity index (χ1) is 5.79. The van der Waals surface area contributed by atoms with Gasteiger partial charge in [-0.3, -0.25) is 4.79 Å². The van der Waals surface area contributed by atoms with E-state index in [0.717, 1.165) is 5.76 Å². The molecule has 64 valence electrons. The summed E-state index contributed by atoms with van der Waals surface area (Å²) in [7, 11) is 0. The summed E-state index contributed by atoms with van der Waals surface area (Å²) >= 11 is 0. The zero-order valence-electron chi connectivity index (χ0n) is 6.56. The van der Waals surface area contributed by atoms with Crippen molar-refractivity contribution in [2.75, 3.05) is 0 Å². The maximum atomic E-state index is 10.1. The average molecular weight is 166 g/mol. The molecule has 1 heterocycles. The lowest BCUT2D eigenvalue weighted by Gasteiger charge is -1.86. The maximum Gasteiger partial charge on any atom is 0.307 e. The first kappa shape index (κ1) is 8.59. The van der Waals surface area contributed by atoms with Crippen molar-refractivity contribution in [2.45, 2.75) is 12.8 Å². The van der Waals surface area contributed by atoms with E-state index in [-0.39, 0.29) is 6.42 Å². The van der Waals surface area contributed by atoms with Crippen molar-refractivity contribution in [3.8, 4) is 0 Å².